The summed E-state index contributed by atoms with van der Waals surface area (Å²) >= 11 is 0. The molecule has 0 amide bonds. The van der Waals surface area contributed by atoms with Crippen LogP contribution in [-0.4, -0.2) is 25.4 Å². The Kier molecular flexibility index (Phi) is 4.60. The third kappa shape index (κ3) is 3.48. The van der Waals surface area contributed by atoms with E-state index in [1.807, 2.05) is 24.3 Å². The fourth-order valence-electron chi connectivity index (χ4n) is 3.31. The average Bonchev–Trinajstić information content (AvgIpc) is 2.89. The van der Waals surface area contributed by atoms with Crippen molar-refractivity contribution in [1.82, 2.24) is 0 Å². The average molecular weight is 375 g/mol. The highest BCUT2D eigenvalue weighted by atomic mass is 16.7. The highest BCUT2D eigenvalue weighted by molar-refractivity contribution is 6.62. The quantitative estimate of drug-likeness (QED) is 0.659. The molecular formula is C23H26BNO3. The van der Waals surface area contributed by atoms with E-state index < -0.39 is 0 Å². The summed E-state index contributed by atoms with van der Waals surface area (Å²) in [6, 6.07) is 20.6. The van der Waals surface area contributed by atoms with Crippen molar-refractivity contribution in [3.05, 3.63) is 60.7 Å². The summed E-state index contributed by atoms with van der Waals surface area (Å²) in [4.78, 5) is 0. The second-order valence-corrected chi connectivity index (χ2v) is 8.26. The van der Waals surface area contributed by atoms with Crippen molar-refractivity contribution < 1.29 is 14.0 Å². The van der Waals surface area contributed by atoms with Gasteiger partial charge in [-0.15, -0.1) is 0 Å². The van der Waals surface area contributed by atoms with Crippen molar-refractivity contribution in [3.63, 3.8) is 0 Å². The molecule has 1 aliphatic rings. The number of anilines is 2. The molecule has 1 saturated heterocycles. The van der Waals surface area contributed by atoms with E-state index in [9.17, 15) is 0 Å². The number of ether oxygens (including phenoxy) is 1. The zero-order chi connectivity index (χ0) is 19.9. The van der Waals surface area contributed by atoms with E-state index in [0.717, 1.165) is 28.0 Å². The number of hydrogen-bond acceptors (Lipinski definition) is 4. The number of rotatable bonds is 4. The third-order valence-corrected chi connectivity index (χ3v) is 5.77. The van der Waals surface area contributed by atoms with Crippen LogP contribution >= 0.6 is 0 Å². The Morgan fingerprint density at radius 3 is 1.96 bits per heavy atom. The standard InChI is InChI=1S/C23H26BNO3/c1-22(2)23(3,4)28-24(27-22)18-8-6-17-15-20(9-7-16(17)14-18)25-19-10-12-21(26-5)13-11-19/h6-15,25H,1-5H3. The summed E-state index contributed by atoms with van der Waals surface area (Å²) < 4.78 is 17.6. The first-order valence-corrected chi connectivity index (χ1v) is 9.58. The van der Waals surface area contributed by atoms with Crippen molar-refractivity contribution in [2.45, 2.75) is 38.9 Å². The number of methoxy groups -OCH3 is 1. The monoisotopic (exact) mass is 375 g/mol. The highest BCUT2D eigenvalue weighted by Gasteiger charge is 2.51. The Morgan fingerprint density at radius 1 is 0.750 bits per heavy atom. The van der Waals surface area contributed by atoms with Crippen LogP contribution in [0.25, 0.3) is 10.8 Å². The van der Waals surface area contributed by atoms with Gasteiger partial charge in [0.1, 0.15) is 5.75 Å². The summed E-state index contributed by atoms with van der Waals surface area (Å²) in [5.41, 5.74) is 2.44. The predicted octanol–water partition coefficient (Wildman–Crippen LogP) is 4.89. The molecule has 0 atom stereocenters. The molecule has 0 bridgehead atoms. The van der Waals surface area contributed by atoms with Gasteiger partial charge in [-0.05, 0) is 80.3 Å². The molecule has 0 radical (unpaired) electrons. The fourth-order valence-corrected chi connectivity index (χ4v) is 3.31. The van der Waals surface area contributed by atoms with Crippen LogP contribution in [0, 0.1) is 0 Å². The van der Waals surface area contributed by atoms with E-state index in [0.29, 0.717) is 0 Å². The summed E-state index contributed by atoms with van der Waals surface area (Å²) in [6.45, 7) is 8.30. The number of nitrogens with one attached hydrogen (secondary N) is 1. The number of hydrogen-bond donors (Lipinski definition) is 1. The lowest BCUT2D eigenvalue weighted by molar-refractivity contribution is 0.00578. The highest BCUT2D eigenvalue weighted by Crippen LogP contribution is 2.36. The molecule has 5 heteroatoms. The van der Waals surface area contributed by atoms with Crippen molar-refractivity contribution >= 4 is 34.7 Å². The van der Waals surface area contributed by atoms with Gasteiger partial charge in [0.25, 0.3) is 0 Å². The summed E-state index contributed by atoms with van der Waals surface area (Å²) in [7, 11) is 1.33. The number of fused-ring (bicyclic) bond motifs is 1. The van der Waals surface area contributed by atoms with Crippen LogP contribution in [0.5, 0.6) is 5.75 Å². The molecule has 3 aromatic rings. The maximum absolute atomic E-state index is 6.18. The van der Waals surface area contributed by atoms with Gasteiger partial charge in [-0.2, -0.15) is 0 Å². The Balaban J connectivity index is 1.56. The van der Waals surface area contributed by atoms with Crippen LogP contribution in [0.4, 0.5) is 11.4 Å². The molecule has 144 valence electrons. The van der Waals surface area contributed by atoms with Crippen LogP contribution < -0.4 is 15.5 Å². The van der Waals surface area contributed by atoms with Crippen molar-refractivity contribution in [2.24, 2.45) is 0 Å². The molecular weight excluding hydrogens is 349 g/mol. The molecule has 1 fully saturated rings. The van der Waals surface area contributed by atoms with E-state index in [2.05, 4.69) is 69.4 Å². The molecule has 0 spiro atoms. The van der Waals surface area contributed by atoms with Gasteiger partial charge in [-0.3, -0.25) is 0 Å². The van der Waals surface area contributed by atoms with Gasteiger partial charge in [0.2, 0.25) is 0 Å². The molecule has 0 aromatic heterocycles. The first-order chi connectivity index (χ1) is 13.3. The maximum Gasteiger partial charge on any atom is 0.494 e. The fraction of sp³-hybridized carbons (Fsp3) is 0.304. The van der Waals surface area contributed by atoms with Crippen LogP contribution in [0.3, 0.4) is 0 Å². The Labute approximate surface area is 167 Å². The van der Waals surface area contributed by atoms with Crippen molar-refractivity contribution in [1.29, 1.82) is 0 Å². The van der Waals surface area contributed by atoms with Gasteiger partial charge in [-0.25, -0.2) is 0 Å². The van der Waals surface area contributed by atoms with E-state index in [-0.39, 0.29) is 18.3 Å². The van der Waals surface area contributed by atoms with E-state index >= 15 is 0 Å². The molecule has 0 aliphatic carbocycles. The maximum atomic E-state index is 6.18. The van der Waals surface area contributed by atoms with E-state index in [4.69, 9.17) is 14.0 Å². The lowest BCUT2D eigenvalue weighted by atomic mass is 9.78. The Hall–Kier alpha value is -2.50. The minimum Gasteiger partial charge on any atom is -0.497 e. The third-order valence-electron chi connectivity index (χ3n) is 5.77. The molecule has 1 aliphatic heterocycles. The second kappa shape index (κ2) is 6.84. The first-order valence-electron chi connectivity index (χ1n) is 9.58. The normalized spacial score (nSPS) is 17.7. The van der Waals surface area contributed by atoms with Gasteiger partial charge in [0.05, 0.1) is 18.3 Å². The summed E-state index contributed by atoms with van der Waals surface area (Å²) in [5, 5.41) is 5.76. The van der Waals surface area contributed by atoms with Gasteiger partial charge in [0.15, 0.2) is 0 Å². The van der Waals surface area contributed by atoms with Gasteiger partial charge < -0.3 is 19.4 Å². The summed E-state index contributed by atoms with van der Waals surface area (Å²) in [5.74, 6) is 0.847. The molecule has 4 rings (SSSR count). The van der Waals surface area contributed by atoms with E-state index in [1.54, 1.807) is 7.11 Å². The topological polar surface area (TPSA) is 39.7 Å². The first kappa shape index (κ1) is 18.8. The van der Waals surface area contributed by atoms with Gasteiger partial charge in [0, 0.05) is 11.4 Å². The largest absolute Gasteiger partial charge is 0.497 e. The smallest absolute Gasteiger partial charge is 0.494 e. The van der Waals surface area contributed by atoms with Crippen LogP contribution in [0.1, 0.15) is 27.7 Å². The van der Waals surface area contributed by atoms with Crippen molar-refractivity contribution in [2.75, 3.05) is 12.4 Å². The van der Waals surface area contributed by atoms with Crippen molar-refractivity contribution in [3.8, 4) is 5.75 Å². The van der Waals surface area contributed by atoms with Crippen LogP contribution in [0.15, 0.2) is 60.7 Å². The van der Waals surface area contributed by atoms with E-state index in [1.165, 1.54) is 5.39 Å². The molecule has 0 saturated carbocycles. The Morgan fingerprint density at radius 2 is 1.32 bits per heavy atom. The Bertz CT molecular complexity index is 982. The number of benzene rings is 3. The summed E-state index contributed by atoms with van der Waals surface area (Å²) in [6.07, 6.45) is 0. The molecule has 1 heterocycles. The molecule has 28 heavy (non-hydrogen) atoms. The lowest BCUT2D eigenvalue weighted by Gasteiger charge is -2.32. The molecule has 1 N–H and O–H groups in total. The molecule has 4 nitrogen and oxygen atoms in total. The lowest BCUT2D eigenvalue weighted by Crippen LogP contribution is -2.41. The molecule has 3 aromatic carbocycles. The predicted molar refractivity (Wildman–Crippen MR) is 116 cm³/mol. The molecule has 0 unspecified atom stereocenters. The zero-order valence-corrected chi connectivity index (χ0v) is 17.1. The SMILES string of the molecule is COc1ccc(Nc2ccc3cc(B4OC(C)(C)C(C)(C)O4)ccc3c2)cc1. The zero-order valence-electron chi connectivity index (χ0n) is 17.1. The minimum atomic E-state index is -0.341. The van der Waals surface area contributed by atoms with Crippen LogP contribution in [-0.2, 0) is 9.31 Å². The van der Waals surface area contributed by atoms with Gasteiger partial charge >= 0.3 is 7.12 Å². The minimum absolute atomic E-state index is 0.335. The van der Waals surface area contributed by atoms with Gasteiger partial charge in [-0.1, -0.05) is 24.3 Å². The second-order valence-electron chi connectivity index (χ2n) is 8.26. The van der Waals surface area contributed by atoms with Crippen LogP contribution in [0.2, 0.25) is 0 Å².